The van der Waals surface area contributed by atoms with Crippen molar-refractivity contribution in [1.82, 2.24) is 14.8 Å². The maximum atomic E-state index is 14.8. The molecule has 2 N–H and O–H groups in total. The zero-order valence-electron chi connectivity index (χ0n) is 20.1. The first-order chi connectivity index (χ1) is 18.3. The van der Waals surface area contributed by atoms with Gasteiger partial charge < -0.3 is 15.4 Å². The summed E-state index contributed by atoms with van der Waals surface area (Å²) in [5, 5.41) is 9.26. The van der Waals surface area contributed by atoms with E-state index in [9.17, 15) is 23.2 Å². The fourth-order valence-electron chi connectivity index (χ4n) is 3.66. The fraction of sp³-hybridized carbons (Fsp3) is 0.148. The van der Waals surface area contributed by atoms with Crippen LogP contribution >= 0.6 is 0 Å². The molecule has 0 aliphatic heterocycles. The van der Waals surface area contributed by atoms with E-state index in [0.717, 1.165) is 23.6 Å². The first-order valence-corrected chi connectivity index (χ1v) is 11.7. The van der Waals surface area contributed by atoms with E-state index in [4.69, 9.17) is 4.74 Å². The van der Waals surface area contributed by atoms with Crippen LogP contribution in [-0.4, -0.2) is 26.6 Å². The van der Waals surface area contributed by atoms with Crippen molar-refractivity contribution >= 4 is 23.3 Å². The maximum Gasteiger partial charge on any atom is 0.276 e. The zero-order chi connectivity index (χ0) is 26.8. The zero-order valence-corrected chi connectivity index (χ0v) is 20.1. The Bertz CT molecular complexity index is 1620. The third-order valence-corrected chi connectivity index (χ3v) is 5.77. The number of amides is 2. The number of aryl methyl sites for hydroxylation is 1. The quantitative estimate of drug-likeness (QED) is 0.370. The van der Waals surface area contributed by atoms with Gasteiger partial charge in [-0.1, -0.05) is 12.1 Å². The van der Waals surface area contributed by atoms with E-state index >= 15 is 0 Å². The van der Waals surface area contributed by atoms with Gasteiger partial charge >= 0.3 is 0 Å². The normalized spacial score (nSPS) is 12.6. The van der Waals surface area contributed by atoms with Gasteiger partial charge in [0.05, 0.1) is 0 Å². The minimum atomic E-state index is -0.760. The number of rotatable bonds is 7. The Labute approximate surface area is 215 Å². The van der Waals surface area contributed by atoms with E-state index < -0.39 is 23.1 Å². The van der Waals surface area contributed by atoms with E-state index in [0.29, 0.717) is 5.82 Å². The third-order valence-electron chi connectivity index (χ3n) is 5.77. The molecular formula is C27H21F2N5O4. The molecule has 9 nitrogen and oxygen atoms in total. The number of aromatic nitrogens is 3. The summed E-state index contributed by atoms with van der Waals surface area (Å²) in [6, 6.07) is 13.5. The second kappa shape index (κ2) is 10.2. The highest BCUT2D eigenvalue weighted by Crippen LogP contribution is 2.31. The predicted octanol–water partition coefficient (Wildman–Crippen LogP) is 4.61. The lowest BCUT2D eigenvalue weighted by Gasteiger charge is -2.12. The number of pyridine rings is 1. The lowest BCUT2D eigenvalue weighted by atomic mass is 10.2. The molecular weight excluding hydrogens is 496 g/mol. The molecule has 2 aromatic heterocycles. The average molecular weight is 517 g/mol. The molecule has 2 aromatic carbocycles. The lowest BCUT2D eigenvalue weighted by Crippen LogP contribution is -2.27. The minimum Gasteiger partial charge on any atom is -0.454 e. The fourth-order valence-corrected chi connectivity index (χ4v) is 3.66. The van der Waals surface area contributed by atoms with E-state index in [1.165, 1.54) is 67.7 Å². The summed E-state index contributed by atoms with van der Waals surface area (Å²) in [6.07, 6.45) is 3.13. The Balaban J connectivity index is 1.32. The summed E-state index contributed by atoms with van der Waals surface area (Å²) in [6.45, 7) is 1.52. The van der Waals surface area contributed by atoms with Crippen LogP contribution in [0.5, 0.6) is 11.5 Å². The minimum absolute atomic E-state index is 0.00323. The van der Waals surface area contributed by atoms with Crippen molar-refractivity contribution in [3.05, 3.63) is 100 Å². The Morgan fingerprint density at radius 3 is 2.53 bits per heavy atom. The van der Waals surface area contributed by atoms with E-state index in [1.54, 1.807) is 0 Å². The molecule has 0 unspecified atom stereocenters. The van der Waals surface area contributed by atoms with Crippen molar-refractivity contribution in [3.63, 3.8) is 0 Å². The van der Waals surface area contributed by atoms with Crippen LogP contribution < -0.4 is 20.9 Å². The number of hydrogen-bond acceptors (Lipinski definition) is 6. The van der Waals surface area contributed by atoms with Crippen molar-refractivity contribution in [2.75, 3.05) is 10.6 Å². The van der Waals surface area contributed by atoms with Crippen LogP contribution in [0.1, 0.15) is 28.9 Å². The van der Waals surface area contributed by atoms with Crippen LogP contribution in [0, 0.1) is 24.5 Å². The molecule has 2 amide bonds. The van der Waals surface area contributed by atoms with Crippen LogP contribution in [0.25, 0.3) is 5.69 Å². The SMILES string of the molecule is Cc1cc(=O)n(-c2ccccc2F)nc1C(=O)Nc1ccc(Oc2ccnc(NC(=O)C3CC3)c2)c(F)c1. The molecule has 0 bridgehead atoms. The van der Waals surface area contributed by atoms with Gasteiger partial charge in [0.1, 0.15) is 23.1 Å². The standard InChI is InChI=1S/C27H21F2N5O4/c1-15-12-24(35)34(21-5-3-2-4-19(21)28)33-25(15)27(37)31-17-8-9-22(20(29)13-17)38-18-10-11-30-23(14-18)32-26(36)16-6-7-16/h2-5,8-14,16H,6-7H2,1H3,(H,31,37)(H,30,32,36). The Kier molecular flexibility index (Phi) is 6.65. The average Bonchev–Trinajstić information content (AvgIpc) is 3.72. The van der Waals surface area contributed by atoms with Gasteiger partial charge in [0.25, 0.3) is 11.5 Å². The first-order valence-electron chi connectivity index (χ1n) is 11.7. The van der Waals surface area contributed by atoms with Gasteiger partial charge in [-0.05, 0) is 55.7 Å². The summed E-state index contributed by atoms with van der Waals surface area (Å²) in [7, 11) is 0. The van der Waals surface area contributed by atoms with Crippen LogP contribution in [0.15, 0.2) is 71.7 Å². The maximum absolute atomic E-state index is 14.8. The topological polar surface area (TPSA) is 115 Å². The number of nitrogens with one attached hydrogen (secondary N) is 2. The van der Waals surface area contributed by atoms with Crippen LogP contribution in [-0.2, 0) is 4.79 Å². The van der Waals surface area contributed by atoms with Gasteiger partial charge in [0, 0.05) is 36.0 Å². The van der Waals surface area contributed by atoms with Gasteiger partial charge in [-0.3, -0.25) is 14.4 Å². The van der Waals surface area contributed by atoms with E-state index in [-0.39, 0.29) is 46.0 Å². The molecule has 0 saturated heterocycles. The van der Waals surface area contributed by atoms with E-state index in [1.807, 2.05) is 0 Å². The molecule has 2 heterocycles. The molecule has 1 aliphatic rings. The molecule has 38 heavy (non-hydrogen) atoms. The molecule has 1 aliphatic carbocycles. The number of ether oxygens (including phenoxy) is 1. The summed E-state index contributed by atoms with van der Waals surface area (Å²) >= 11 is 0. The number of carbonyl (C=O) groups excluding carboxylic acids is 2. The van der Waals surface area contributed by atoms with Crippen molar-refractivity contribution in [2.45, 2.75) is 19.8 Å². The number of hydrogen-bond donors (Lipinski definition) is 2. The van der Waals surface area contributed by atoms with Crippen LogP contribution in [0.4, 0.5) is 20.3 Å². The molecule has 192 valence electrons. The highest BCUT2D eigenvalue weighted by atomic mass is 19.1. The number of para-hydroxylation sites is 1. The monoisotopic (exact) mass is 517 g/mol. The summed E-state index contributed by atoms with van der Waals surface area (Å²) in [4.78, 5) is 41.3. The van der Waals surface area contributed by atoms with Crippen molar-refractivity contribution in [3.8, 4) is 17.2 Å². The summed E-state index contributed by atoms with van der Waals surface area (Å²) in [5.74, 6) is -1.83. The first kappa shape index (κ1) is 24.8. The molecule has 5 rings (SSSR count). The number of nitrogens with zero attached hydrogens (tertiary/aromatic N) is 3. The Morgan fingerprint density at radius 2 is 1.79 bits per heavy atom. The Morgan fingerprint density at radius 1 is 1.00 bits per heavy atom. The summed E-state index contributed by atoms with van der Waals surface area (Å²) in [5.41, 5.74) is -0.473. The van der Waals surface area contributed by atoms with E-state index in [2.05, 4.69) is 20.7 Å². The molecule has 11 heteroatoms. The highest BCUT2D eigenvalue weighted by molar-refractivity contribution is 6.03. The van der Waals surface area contributed by atoms with Crippen molar-refractivity contribution in [2.24, 2.45) is 5.92 Å². The molecule has 0 atom stereocenters. The van der Waals surface area contributed by atoms with Crippen molar-refractivity contribution < 1.29 is 23.1 Å². The van der Waals surface area contributed by atoms with Crippen molar-refractivity contribution in [1.29, 1.82) is 0 Å². The number of carbonyl (C=O) groups is 2. The second-order valence-electron chi connectivity index (χ2n) is 8.72. The Hall–Kier alpha value is -4.93. The molecule has 0 spiro atoms. The lowest BCUT2D eigenvalue weighted by molar-refractivity contribution is -0.117. The predicted molar refractivity (Wildman–Crippen MR) is 135 cm³/mol. The molecule has 0 radical (unpaired) electrons. The van der Waals surface area contributed by atoms with Gasteiger partial charge in [0.15, 0.2) is 17.3 Å². The second-order valence-corrected chi connectivity index (χ2v) is 8.72. The molecule has 4 aromatic rings. The smallest absolute Gasteiger partial charge is 0.276 e. The number of halogens is 2. The third kappa shape index (κ3) is 5.41. The van der Waals surface area contributed by atoms with Crippen LogP contribution in [0.3, 0.4) is 0 Å². The molecule has 1 saturated carbocycles. The van der Waals surface area contributed by atoms with Gasteiger partial charge in [0.2, 0.25) is 5.91 Å². The summed E-state index contributed by atoms with van der Waals surface area (Å²) < 4.78 is 35.4. The van der Waals surface area contributed by atoms with Crippen LogP contribution in [0.2, 0.25) is 0 Å². The molecule has 1 fully saturated rings. The largest absolute Gasteiger partial charge is 0.454 e. The van der Waals surface area contributed by atoms with Gasteiger partial charge in [-0.15, -0.1) is 0 Å². The number of benzene rings is 2. The van der Waals surface area contributed by atoms with Gasteiger partial charge in [-0.2, -0.15) is 9.78 Å². The van der Waals surface area contributed by atoms with Gasteiger partial charge in [-0.25, -0.2) is 13.8 Å². The number of anilines is 2. The highest BCUT2D eigenvalue weighted by Gasteiger charge is 2.29.